The van der Waals surface area contributed by atoms with E-state index in [2.05, 4.69) is 16.8 Å². The van der Waals surface area contributed by atoms with E-state index in [-0.39, 0.29) is 6.61 Å². The lowest BCUT2D eigenvalue weighted by atomic mass is 9.77. The molecule has 0 bridgehead atoms. The zero-order chi connectivity index (χ0) is 19.0. The van der Waals surface area contributed by atoms with Gasteiger partial charge in [0.05, 0.1) is 12.1 Å². The Bertz CT molecular complexity index is 818. The van der Waals surface area contributed by atoms with Gasteiger partial charge in [-0.2, -0.15) is 0 Å². The number of nitrogens with zero attached hydrogens (tertiary/aromatic N) is 2. The highest BCUT2D eigenvalue weighted by atomic mass is 19.2. The molecule has 4 rings (SSSR count). The van der Waals surface area contributed by atoms with Gasteiger partial charge in [0, 0.05) is 29.6 Å². The molecule has 1 saturated carbocycles. The molecule has 1 atom stereocenters. The van der Waals surface area contributed by atoms with Crippen LogP contribution in [0.15, 0.2) is 18.2 Å². The van der Waals surface area contributed by atoms with E-state index in [1.807, 2.05) is 0 Å². The molecule has 0 unspecified atom stereocenters. The fraction of sp³-hybridized carbons (Fsp3) is 0.591. The lowest BCUT2D eigenvalue weighted by Gasteiger charge is -2.37. The van der Waals surface area contributed by atoms with Gasteiger partial charge in [-0.3, -0.25) is 0 Å². The number of aliphatic hydroxyl groups is 1. The fourth-order valence-corrected chi connectivity index (χ4v) is 5.09. The van der Waals surface area contributed by atoms with Crippen LogP contribution in [-0.2, 0) is 6.61 Å². The van der Waals surface area contributed by atoms with Gasteiger partial charge in [-0.1, -0.05) is 26.2 Å². The second-order valence-electron chi connectivity index (χ2n) is 8.18. The molecule has 2 fully saturated rings. The van der Waals surface area contributed by atoms with Crippen LogP contribution in [-0.4, -0.2) is 22.7 Å². The number of benzene rings is 1. The molecular formula is C22H28F2N2O. The molecule has 1 aliphatic carbocycles. The van der Waals surface area contributed by atoms with Crippen LogP contribution in [0, 0.1) is 23.5 Å². The van der Waals surface area contributed by atoms with Crippen LogP contribution in [0.4, 0.5) is 14.6 Å². The Morgan fingerprint density at radius 2 is 1.81 bits per heavy atom. The third-order valence-corrected chi connectivity index (χ3v) is 6.67. The number of hydrogen-bond acceptors (Lipinski definition) is 3. The van der Waals surface area contributed by atoms with E-state index >= 15 is 0 Å². The Hall–Kier alpha value is -1.75. The van der Waals surface area contributed by atoms with Crippen LogP contribution in [0.1, 0.15) is 57.4 Å². The highest BCUT2D eigenvalue weighted by Gasteiger charge is 2.35. The lowest BCUT2D eigenvalue weighted by Crippen LogP contribution is -2.38. The molecule has 1 aromatic carbocycles. The van der Waals surface area contributed by atoms with Crippen molar-refractivity contribution in [2.45, 2.75) is 64.5 Å². The Kier molecular flexibility index (Phi) is 5.31. The van der Waals surface area contributed by atoms with Crippen molar-refractivity contribution >= 4 is 16.7 Å². The van der Waals surface area contributed by atoms with E-state index in [0.29, 0.717) is 28.4 Å². The molecule has 146 valence electrons. The number of aliphatic hydroxyl groups excluding tert-OH is 1. The van der Waals surface area contributed by atoms with Crippen LogP contribution in [0.2, 0.25) is 0 Å². The Morgan fingerprint density at radius 3 is 2.52 bits per heavy atom. The summed E-state index contributed by atoms with van der Waals surface area (Å²) in [5.74, 6) is 0.502. The number of rotatable bonds is 4. The van der Waals surface area contributed by atoms with Crippen molar-refractivity contribution in [3.05, 3.63) is 35.4 Å². The van der Waals surface area contributed by atoms with Gasteiger partial charge in [0.15, 0.2) is 11.6 Å². The highest BCUT2D eigenvalue weighted by molar-refractivity contribution is 5.82. The predicted octanol–water partition coefficient (Wildman–Crippen LogP) is 5.19. The van der Waals surface area contributed by atoms with Gasteiger partial charge in [0.1, 0.15) is 5.82 Å². The van der Waals surface area contributed by atoms with E-state index in [1.54, 1.807) is 6.07 Å². The van der Waals surface area contributed by atoms with Gasteiger partial charge >= 0.3 is 0 Å². The maximum Gasteiger partial charge on any atom is 0.161 e. The van der Waals surface area contributed by atoms with E-state index in [1.165, 1.54) is 32.1 Å². The minimum absolute atomic E-state index is 0.150. The number of anilines is 1. The summed E-state index contributed by atoms with van der Waals surface area (Å²) in [4.78, 5) is 6.99. The van der Waals surface area contributed by atoms with Crippen molar-refractivity contribution in [2.75, 3.05) is 11.4 Å². The largest absolute Gasteiger partial charge is 0.392 e. The van der Waals surface area contributed by atoms with Crippen LogP contribution in [0.25, 0.3) is 10.9 Å². The molecule has 1 aliphatic heterocycles. The molecule has 0 spiro atoms. The van der Waals surface area contributed by atoms with Crippen LogP contribution >= 0.6 is 0 Å². The predicted molar refractivity (Wildman–Crippen MR) is 104 cm³/mol. The summed E-state index contributed by atoms with van der Waals surface area (Å²) in [6.07, 6.45) is 8.62. The number of halogens is 2. The van der Waals surface area contributed by atoms with Crippen molar-refractivity contribution in [3.8, 4) is 0 Å². The summed E-state index contributed by atoms with van der Waals surface area (Å²) in [5.41, 5.74) is 1.14. The standard InChI is InChI=1S/C22H28F2N2O/c1-2-14-5-7-15(8-6-14)21-4-3-9-26(21)22-17(13-27)10-16-11-18(23)19(24)12-20(16)25-22/h10-12,14-15,21,27H,2-9,13H2,1H3/t14?,15?,21-/m1/s1. The summed E-state index contributed by atoms with van der Waals surface area (Å²) < 4.78 is 27.3. The Labute approximate surface area is 159 Å². The first-order valence-corrected chi connectivity index (χ1v) is 10.3. The molecule has 1 saturated heterocycles. The minimum atomic E-state index is -0.882. The molecule has 5 heteroatoms. The summed E-state index contributed by atoms with van der Waals surface area (Å²) in [6, 6.07) is 4.51. The van der Waals surface area contributed by atoms with Crippen molar-refractivity contribution in [3.63, 3.8) is 0 Å². The number of hydrogen-bond donors (Lipinski definition) is 1. The number of aromatic nitrogens is 1. The molecule has 3 nitrogen and oxygen atoms in total. The van der Waals surface area contributed by atoms with E-state index < -0.39 is 11.6 Å². The molecule has 27 heavy (non-hydrogen) atoms. The van der Waals surface area contributed by atoms with Gasteiger partial charge in [-0.15, -0.1) is 0 Å². The molecule has 2 aliphatic rings. The van der Waals surface area contributed by atoms with E-state index in [9.17, 15) is 13.9 Å². The Morgan fingerprint density at radius 1 is 1.07 bits per heavy atom. The van der Waals surface area contributed by atoms with Crippen LogP contribution in [0.5, 0.6) is 0 Å². The maximum atomic E-state index is 13.7. The number of fused-ring (bicyclic) bond motifs is 1. The van der Waals surface area contributed by atoms with Gasteiger partial charge < -0.3 is 10.0 Å². The molecule has 2 heterocycles. The monoisotopic (exact) mass is 374 g/mol. The lowest BCUT2D eigenvalue weighted by molar-refractivity contribution is 0.238. The normalized spacial score (nSPS) is 26.1. The fourth-order valence-electron chi connectivity index (χ4n) is 5.09. The molecule has 2 aromatic rings. The highest BCUT2D eigenvalue weighted by Crippen LogP contribution is 2.40. The molecule has 1 N–H and O–H groups in total. The third-order valence-electron chi connectivity index (χ3n) is 6.67. The van der Waals surface area contributed by atoms with E-state index in [0.717, 1.165) is 43.3 Å². The summed E-state index contributed by atoms with van der Waals surface area (Å²) >= 11 is 0. The maximum absolute atomic E-state index is 13.7. The van der Waals surface area contributed by atoms with Gasteiger partial charge in [0.25, 0.3) is 0 Å². The average Bonchev–Trinajstić information content (AvgIpc) is 3.17. The first kappa shape index (κ1) is 18.6. The summed E-state index contributed by atoms with van der Waals surface area (Å²) in [6.45, 7) is 3.04. The van der Waals surface area contributed by atoms with Crippen molar-refractivity contribution < 1.29 is 13.9 Å². The molecule has 1 aromatic heterocycles. The van der Waals surface area contributed by atoms with Crippen molar-refractivity contribution in [2.24, 2.45) is 11.8 Å². The van der Waals surface area contributed by atoms with Gasteiger partial charge in [0.2, 0.25) is 0 Å². The second kappa shape index (κ2) is 7.70. The topological polar surface area (TPSA) is 36.4 Å². The van der Waals surface area contributed by atoms with Crippen LogP contribution < -0.4 is 4.90 Å². The molecule has 0 radical (unpaired) electrons. The summed E-state index contributed by atoms with van der Waals surface area (Å²) in [7, 11) is 0. The minimum Gasteiger partial charge on any atom is -0.392 e. The Balaban J connectivity index is 1.66. The van der Waals surface area contributed by atoms with Crippen molar-refractivity contribution in [1.82, 2.24) is 4.98 Å². The SMILES string of the molecule is CCC1CCC([C@H]2CCCN2c2nc3cc(F)c(F)cc3cc2CO)CC1. The first-order chi connectivity index (χ1) is 13.1. The third kappa shape index (κ3) is 3.54. The molecule has 0 amide bonds. The van der Waals surface area contributed by atoms with Crippen molar-refractivity contribution in [1.29, 1.82) is 0 Å². The quantitative estimate of drug-likeness (QED) is 0.800. The van der Waals surface area contributed by atoms with E-state index in [4.69, 9.17) is 0 Å². The molecular weight excluding hydrogens is 346 g/mol. The van der Waals surface area contributed by atoms with Crippen LogP contribution in [0.3, 0.4) is 0 Å². The first-order valence-electron chi connectivity index (χ1n) is 10.3. The van der Waals surface area contributed by atoms with Gasteiger partial charge in [-0.05, 0) is 49.7 Å². The zero-order valence-electron chi connectivity index (χ0n) is 15.9. The van der Waals surface area contributed by atoms with Gasteiger partial charge in [-0.25, -0.2) is 13.8 Å². The number of pyridine rings is 1. The summed E-state index contributed by atoms with van der Waals surface area (Å²) in [5, 5.41) is 10.4. The average molecular weight is 374 g/mol. The second-order valence-corrected chi connectivity index (χ2v) is 8.18. The smallest absolute Gasteiger partial charge is 0.161 e. The zero-order valence-corrected chi connectivity index (χ0v) is 15.9.